The Morgan fingerprint density at radius 1 is 1.20 bits per heavy atom. The Morgan fingerprint density at radius 3 is 2.30 bits per heavy atom. The molecule has 0 aromatic carbocycles. The van der Waals surface area contributed by atoms with Crippen LogP contribution in [0.2, 0.25) is 0 Å². The third-order valence-corrected chi connectivity index (χ3v) is 3.56. The molecular weight excluding hydrogens is 250 g/mol. The highest BCUT2D eigenvalue weighted by Crippen LogP contribution is 2.20. The van der Waals surface area contributed by atoms with Crippen LogP contribution in [-0.2, 0) is 6.54 Å². The van der Waals surface area contributed by atoms with Crippen molar-refractivity contribution >= 4 is 0 Å². The van der Waals surface area contributed by atoms with E-state index in [4.69, 9.17) is 10.5 Å². The van der Waals surface area contributed by atoms with E-state index >= 15 is 0 Å². The van der Waals surface area contributed by atoms with E-state index in [1.54, 1.807) is 0 Å². The molecule has 0 bridgehead atoms. The molecule has 0 unspecified atom stereocenters. The van der Waals surface area contributed by atoms with E-state index in [1.165, 1.54) is 0 Å². The molecule has 0 aliphatic rings. The quantitative estimate of drug-likeness (QED) is 0.833. The van der Waals surface area contributed by atoms with Gasteiger partial charge >= 0.3 is 0 Å². The summed E-state index contributed by atoms with van der Waals surface area (Å²) in [5.74, 6) is 0.692. The van der Waals surface area contributed by atoms with E-state index in [-0.39, 0.29) is 0 Å². The molecule has 2 N–H and O–H groups in total. The lowest BCUT2D eigenvalue weighted by atomic mass is 10.1. The number of hydrogen-bond acceptors (Lipinski definition) is 4. The maximum absolute atomic E-state index is 5.89. The molecular formula is C16H29N3O. The van der Waals surface area contributed by atoms with Crippen LogP contribution < -0.4 is 10.5 Å². The fraction of sp³-hybridized carbons (Fsp3) is 0.688. The number of aromatic nitrogens is 1. The highest BCUT2D eigenvalue weighted by Gasteiger charge is 2.14. The zero-order chi connectivity index (χ0) is 15.3. The van der Waals surface area contributed by atoms with Gasteiger partial charge in [0.15, 0.2) is 0 Å². The summed E-state index contributed by atoms with van der Waals surface area (Å²) in [4.78, 5) is 6.88. The van der Waals surface area contributed by atoms with Crippen molar-refractivity contribution < 1.29 is 4.74 Å². The summed E-state index contributed by atoms with van der Waals surface area (Å²) < 4.78 is 5.89. The number of aryl methyl sites for hydroxylation is 2. The van der Waals surface area contributed by atoms with Crippen LogP contribution in [0.15, 0.2) is 6.07 Å². The molecule has 4 heteroatoms. The van der Waals surface area contributed by atoms with Gasteiger partial charge in [0.25, 0.3) is 0 Å². The van der Waals surface area contributed by atoms with Gasteiger partial charge < -0.3 is 10.5 Å². The molecule has 0 saturated carbocycles. The van der Waals surface area contributed by atoms with Crippen molar-refractivity contribution in [1.82, 2.24) is 9.88 Å². The standard InChI is InChI=1S/C16H29N3O/c1-11(2)19(12(3)4)7-8-20-16-15(10-17)13(5)9-14(6)18-16/h9,11-12H,7-8,10,17H2,1-6H3. The molecule has 4 nitrogen and oxygen atoms in total. The van der Waals surface area contributed by atoms with Gasteiger partial charge in [-0.3, -0.25) is 4.90 Å². The lowest BCUT2D eigenvalue weighted by Gasteiger charge is -2.30. The second-order valence-electron chi connectivity index (χ2n) is 5.84. The Morgan fingerprint density at radius 2 is 1.80 bits per heavy atom. The summed E-state index contributed by atoms with van der Waals surface area (Å²) in [6.45, 7) is 14.9. The first-order chi connectivity index (χ1) is 9.36. The normalized spacial score (nSPS) is 11.7. The van der Waals surface area contributed by atoms with E-state index in [9.17, 15) is 0 Å². The number of hydrogen-bond donors (Lipinski definition) is 1. The minimum absolute atomic E-state index is 0.465. The largest absolute Gasteiger partial charge is 0.476 e. The van der Waals surface area contributed by atoms with Crippen molar-refractivity contribution in [1.29, 1.82) is 0 Å². The number of ether oxygens (including phenoxy) is 1. The van der Waals surface area contributed by atoms with Crippen LogP contribution in [0.3, 0.4) is 0 Å². The van der Waals surface area contributed by atoms with Crippen molar-refractivity contribution in [3.05, 3.63) is 22.9 Å². The van der Waals surface area contributed by atoms with Crippen molar-refractivity contribution in [3.8, 4) is 5.88 Å². The van der Waals surface area contributed by atoms with E-state index in [0.717, 1.165) is 23.4 Å². The fourth-order valence-electron chi connectivity index (χ4n) is 2.56. The third kappa shape index (κ3) is 4.46. The SMILES string of the molecule is Cc1cc(C)c(CN)c(OCCN(C(C)C)C(C)C)n1. The molecule has 1 aromatic rings. The Hall–Kier alpha value is -1.13. The maximum Gasteiger partial charge on any atom is 0.218 e. The summed E-state index contributed by atoms with van der Waals surface area (Å²) in [6.07, 6.45) is 0. The van der Waals surface area contributed by atoms with E-state index in [2.05, 4.69) is 44.5 Å². The van der Waals surface area contributed by atoms with Gasteiger partial charge in [-0.25, -0.2) is 4.98 Å². The molecule has 20 heavy (non-hydrogen) atoms. The van der Waals surface area contributed by atoms with Crippen LogP contribution >= 0.6 is 0 Å². The number of nitrogens with zero attached hydrogens (tertiary/aromatic N) is 2. The molecule has 0 aliphatic heterocycles. The predicted octanol–water partition coefficient (Wildman–Crippen LogP) is 2.65. The first-order valence-electron chi connectivity index (χ1n) is 7.42. The molecule has 0 atom stereocenters. The Kier molecular flexibility index (Phi) is 6.43. The Balaban J connectivity index is 2.70. The van der Waals surface area contributed by atoms with Crippen LogP contribution in [-0.4, -0.2) is 35.1 Å². The lowest BCUT2D eigenvalue weighted by molar-refractivity contribution is 0.139. The van der Waals surface area contributed by atoms with Gasteiger partial charge in [-0.05, 0) is 53.2 Å². The van der Waals surface area contributed by atoms with Gasteiger partial charge in [-0.1, -0.05) is 0 Å². The van der Waals surface area contributed by atoms with Crippen molar-refractivity contribution in [2.45, 2.75) is 60.2 Å². The highest BCUT2D eigenvalue weighted by atomic mass is 16.5. The van der Waals surface area contributed by atoms with E-state index in [0.29, 0.717) is 31.1 Å². The third-order valence-electron chi connectivity index (χ3n) is 3.56. The number of nitrogens with two attached hydrogens (primary N) is 1. The zero-order valence-electron chi connectivity index (χ0n) is 13.7. The molecule has 1 aromatic heterocycles. The number of rotatable bonds is 7. The summed E-state index contributed by atoms with van der Waals surface area (Å²) in [6, 6.07) is 3.07. The molecule has 0 fully saturated rings. The average Bonchev–Trinajstić information content (AvgIpc) is 2.33. The highest BCUT2D eigenvalue weighted by molar-refractivity contribution is 5.35. The van der Waals surface area contributed by atoms with Gasteiger partial charge in [-0.2, -0.15) is 0 Å². The average molecular weight is 279 g/mol. The van der Waals surface area contributed by atoms with Gasteiger partial charge in [0.2, 0.25) is 5.88 Å². The number of pyridine rings is 1. The van der Waals surface area contributed by atoms with Crippen LogP contribution in [0.1, 0.15) is 44.5 Å². The Labute approximate surface area is 123 Å². The van der Waals surface area contributed by atoms with Gasteiger partial charge in [0, 0.05) is 36.4 Å². The van der Waals surface area contributed by atoms with Crippen molar-refractivity contribution in [2.24, 2.45) is 5.73 Å². The molecule has 0 saturated heterocycles. The van der Waals surface area contributed by atoms with Gasteiger partial charge in [-0.15, -0.1) is 0 Å². The molecule has 0 radical (unpaired) electrons. The second kappa shape index (κ2) is 7.60. The summed E-state index contributed by atoms with van der Waals surface area (Å²) >= 11 is 0. The second-order valence-corrected chi connectivity index (χ2v) is 5.84. The molecule has 1 rings (SSSR count). The molecule has 0 amide bonds. The van der Waals surface area contributed by atoms with E-state index < -0.39 is 0 Å². The summed E-state index contributed by atoms with van der Waals surface area (Å²) in [5.41, 5.74) is 8.93. The predicted molar refractivity (Wildman–Crippen MR) is 84.1 cm³/mol. The van der Waals surface area contributed by atoms with Crippen LogP contribution in [0, 0.1) is 13.8 Å². The molecule has 114 valence electrons. The van der Waals surface area contributed by atoms with Crippen LogP contribution in [0.4, 0.5) is 0 Å². The topological polar surface area (TPSA) is 51.4 Å². The molecule has 0 spiro atoms. The first-order valence-corrected chi connectivity index (χ1v) is 7.42. The zero-order valence-corrected chi connectivity index (χ0v) is 13.7. The van der Waals surface area contributed by atoms with Gasteiger partial charge in [0.05, 0.1) is 0 Å². The maximum atomic E-state index is 5.89. The fourth-order valence-corrected chi connectivity index (χ4v) is 2.56. The minimum atomic E-state index is 0.465. The smallest absolute Gasteiger partial charge is 0.218 e. The van der Waals surface area contributed by atoms with Crippen molar-refractivity contribution in [2.75, 3.05) is 13.2 Å². The van der Waals surface area contributed by atoms with E-state index in [1.807, 2.05) is 13.0 Å². The lowest BCUT2D eigenvalue weighted by Crippen LogP contribution is -2.39. The monoisotopic (exact) mass is 279 g/mol. The van der Waals surface area contributed by atoms with Crippen LogP contribution in [0.25, 0.3) is 0 Å². The van der Waals surface area contributed by atoms with Crippen LogP contribution in [0.5, 0.6) is 5.88 Å². The first kappa shape index (κ1) is 16.9. The summed E-state index contributed by atoms with van der Waals surface area (Å²) in [7, 11) is 0. The van der Waals surface area contributed by atoms with Gasteiger partial charge in [0.1, 0.15) is 6.61 Å². The van der Waals surface area contributed by atoms with Crippen molar-refractivity contribution in [3.63, 3.8) is 0 Å². The minimum Gasteiger partial charge on any atom is -0.476 e. The summed E-state index contributed by atoms with van der Waals surface area (Å²) in [5, 5.41) is 0. The molecule has 1 heterocycles. The Bertz CT molecular complexity index is 422. The molecule has 0 aliphatic carbocycles.